The van der Waals surface area contributed by atoms with Crippen molar-refractivity contribution in [3.63, 3.8) is 0 Å². The lowest BCUT2D eigenvalue weighted by Crippen LogP contribution is -2.39. The molecule has 2 atom stereocenters. The molecule has 1 aromatic rings. The highest BCUT2D eigenvalue weighted by atomic mass is 19.1. The van der Waals surface area contributed by atoms with E-state index in [1.807, 2.05) is 0 Å². The Balaban J connectivity index is 1.87. The number of nitrogens with two attached hydrogens (primary N) is 1. The fourth-order valence-electron chi connectivity index (χ4n) is 2.76. The molecule has 0 bridgehead atoms. The minimum atomic E-state index is -0.259. The van der Waals surface area contributed by atoms with Crippen molar-refractivity contribution in [2.45, 2.75) is 32.2 Å². The van der Waals surface area contributed by atoms with E-state index in [2.05, 4.69) is 5.32 Å². The number of hydrogen-bond donors (Lipinski definition) is 2. The molecule has 1 aliphatic carbocycles. The van der Waals surface area contributed by atoms with Crippen LogP contribution in [0.4, 0.5) is 4.39 Å². The van der Waals surface area contributed by atoms with E-state index in [4.69, 9.17) is 5.73 Å². The van der Waals surface area contributed by atoms with Crippen molar-refractivity contribution in [3.05, 3.63) is 35.6 Å². The number of amides is 1. The third-order valence-electron chi connectivity index (χ3n) is 3.93. The van der Waals surface area contributed by atoms with Gasteiger partial charge in [-0.25, -0.2) is 4.39 Å². The smallest absolute Gasteiger partial charge is 0.223 e. The topological polar surface area (TPSA) is 55.1 Å². The van der Waals surface area contributed by atoms with Gasteiger partial charge in [0.05, 0.1) is 0 Å². The predicted molar refractivity (Wildman–Crippen MR) is 72.7 cm³/mol. The maximum atomic E-state index is 12.8. The van der Waals surface area contributed by atoms with Gasteiger partial charge in [-0.3, -0.25) is 4.79 Å². The maximum Gasteiger partial charge on any atom is 0.223 e. The van der Waals surface area contributed by atoms with E-state index in [9.17, 15) is 9.18 Å². The lowest BCUT2D eigenvalue weighted by atomic mass is 9.79. The third kappa shape index (κ3) is 3.77. The van der Waals surface area contributed by atoms with Crippen LogP contribution in [-0.4, -0.2) is 12.5 Å². The summed E-state index contributed by atoms with van der Waals surface area (Å²) in [5.74, 6) is 0.172. The summed E-state index contributed by atoms with van der Waals surface area (Å²) in [5.41, 5.74) is 6.65. The SMILES string of the molecule is NCC1CCCCC1C(=O)NCc1ccc(F)cc1. The van der Waals surface area contributed by atoms with E-state index in [1.54, 1.807) is 12.1 Å². The number of halogens is 1. The summed E-state index contributed by atoms with van der Waals surface area (Å²) in [6, 6.07) is 6.20. The maximum absolute atomic E-state index is 12.8. The normalized spacial score (nSPS) is 23.1. The molecule has 1 amide bonds. The van der Waals surface area contributed by atoms with Crippen LogP contribution >= 0.6 is 0 Å². The van der Waals surface area contributed by atoms with E-state index in [1.165, 1.54) is 18.6 Å². The Morgan fingerprint density at radius 1 is 1.26 bits per heavy atom. The van der Waals surface area contributed by atoms with Crippen molar-refractivity contribution < 1.29 is 9.18 Å². The molecule has 3 N–H and O–H groups in total. The predicted octanol–water partition coefficient (Wildman–Crippen LogP) is 2.21. The fraction of sp³-hybridized carbons (Fsp3) is 0.533. The van der Waals surface area contributed by atoms with Crippen LogP contribution in [-0.2, 0) is 11.3 Å². The largest absolute Gasteiger partial charge is 0.352 e. The van der Waals surface area contributed by atoms with Crippen molar-refractivity contribution in [1.29, 1.82) is 0 Å². The first-order valence-corrected chi connectivity index (χ1v) is 6.93. The van der Waals surface area contributed by atoms with Gasteiger partial charge in [-0.1, -0.05) is 25.0 Å². The molecule has 0 radical (unpaired) electrons. The average Bonchev–Trinajstić information content (AvgIpc) is 2.46. The quantitative estimate of drug-likeness (QED) is 0.876. The molecule has 0 heterocycles. The van der Waals surface area contributed by atoms with E-state index in [0.29, 0.717) is 19.0 Å². The van der Waals surface area contributed by atoms with Gasteiger partial charge in [0.15, 0.2) is 0 Å². The zero-order valence-corrected chi connectivity index (χ0v) is 11.1. The summed E-state index contributed by atoms with van der Waals surface area (Å²) in [5, 5.41) is 2.94. The standard InChI is InChI=1S/C15H21FN2O/c16-13-7-5-11(6-8-13)10-18-15(19)14-4-2-1-3-12(14)9-17/h5-8,12,14H,1-4,9-10,17H2,(H,18,19). The molecular formula is C15H21FN2O. The van der Waals surface area contributed by atoms with Crippen LogP contribution in [0.25, 0.3) is 0 Å². The first-order chi connectivity index (χ1) is 9.20. The van der Waals surface area contributed by atoms with Crippen LogP contribution in [0.15, 0.2) is 24.3 Å². The third-order valence-corrected chi connectivity index (χ3v) is 3.93. The van der Waals surface area contributed by atoms with Gasteiger partial charge in [-0.15, -0.1) is 0 Å². The van der Waals surface area contributed by atoms with Gasteiger partial charge >= 0.3 is 0 Å². The van der Waals surface area contributed by atoms with Crippen LogP contribution < -0.4 is 11.1 Å². The zero-order chi connectivity index (χ0) is 13.7. The number of rotatable bonds is 4. The zero-order valence-electron chi connectivity index (χ0n) is 11.1. The Kier molecular flexibility index (Phi) is 4.91. The molecule has 2 rings (SSSR count). The number of carbonyl (C=O) groups excluding carboxylic acids is 1. The second-order valence-corrected chi connectivity index (χ2v) is 5.23. The second-order valence-electron chi connectivity index (χ2n) is 5.23. The van der Waals surface area contributed by atoms with E-state index in [-0.39, 0.29) is 17.6 Å². The van der Waals surface area contributed by atoms with Gasteiger partial charge in [0.1, 0.15) is 5.82 Å². The molecule has 0 spiro atoms. The average molecular weight is 264 g/mol. The minimum absolute atomic E-state index is 0.0409. The molecule has 104 valence electrons. The molecule has 0 aliphatic heterocycles. The lowest BCUT2D eigenvalue weighted by Gasteiger charge is -2.29. The van der Waals surface area contributed by atoms with Gasteiger partial charge in [0, 0.05) is 12.5 Å². The van der Waals surface area contributed by atoms with Gasteiger partial charge in [-0.2, -0.15) is 0 Å². The van der Waals surface area contributed by atoms with Crippen molar-refractivity contribution in [3.8, 4) is 0 Å². The first kappa shape index (κ1) is 14.0. The summed E-state index contributed by atoms with van der Waals surface area (Å²) >= 11 is 0. The van der Waals surface area contributed by atoms with E-state index >= 15 is 0 Å². The Hall–Kier alpha value is -1.42. The number of carbonyl (C=O) groups is 1. The summed E-state index contributed by atoms with van der Waals surface area (Å²) in [6.45, 7) is 1.03. The number of nitrogens with one attached hydrogen (secondary N) is 1. The highest BCUT2D eigenvalue weighted by Crippen LogP contribution is 2.29. The number of hydrogen-bond acceptors (Lipinski definition) is 2. The summed E-state index contributed by atoms with van der Waals surface area (Å²) in [7, 11) is 0. The van der Waals surface area contributed by atoms with Gasteiger partial charge < -0.3 is 11.1 Å². The minimum Gasteiger partial charge on any atom is -0.352 e. The van der Waals surface area contributed by atoms with Crippen molar-refractivity contribution in [2.75, 3.05) is 6.54 Å². The van der Waals surface area contributed by atoms with E-state index < -0.39 is 0 Å². The summed E-state index contributed by atoms with van der Waals surface area (Å²) in [6.07, 6.45) is 4.25. The molecule has 0 aromatic heterocycles. The lowest BCUT2D eigenvalue weighted by molar-refractivity contribution is -0.127. The van der Waals surface area contributed by atoms with Crippen LogP contribution in [0.3, 0.4) is 0 Å². The van der Waals surface area contributed by atoms with Crippen molar-refractivity contribution >= 4 is 5.91 Å². The van der Waals surface area contributed by atoms with Crippen molar-refractivity contribution in [1.82, 2.24) is 5.32 Å². The van der Waals surface area contributed by atoms with Crippen LogP contribution in [0.2, 0.25) is 0 Å². The van der Waals surface area contributed by atoms with Crippen molar-refractivity contribution in [2.24, 2.45) is 17.6 Å². The molecule has 0 saturated heterocycles. The monoisotopic (exact) mass is 264 g/mol. The number of benzene rings is 1. The Labute approximate surface area is 113 Å². The van der Waals surface area contributed by atoms with Gasteiger partial charge in [0.25, 0.3) is 0 Å². The van der Waals surface area contributed by atoms with Gasteiger partial charge in [0.2, 0.25) is 5.91 Å². The van der Waals surface area contributed by atoms with Gasteiger partial charge in [-0.05, 0) is 43.0 Å². The molecule has 1 fully saturated rings. The Bertz CT molecular complexity index is 419. The fourth-order valence-corrected chi connectivity index (χ4v) is 2.76. The molecular weight excluding hydrogens is 243 g/mol. The highest BCUT2D eigenvalue weighted by molar-refractivity contribution is 5.79. The molecule has 4 heteroatoms. The van der Waals surface area contributed by atoms with Crippen LogP contribution in [0.5, 0.6) is 0 Å². The Morgan fingerprint density at radius 3 is 2.63 bits per heavy atom. The van der Waals surface area contributed by atoms with Crippen LogP contribution in [0.1, 0.15) is 31.2 Å². The molecule has 2 unspecified atom stereocenters. The molecule has 19 heavy (non-hydrogen) atoms. The highest BCUT2D eigenvalue weighted by Gasteiger charge is 2.29. The Morgan fingerprint density at radius 2 is 1.95 bits per heavy atom. The first-order valence-electron chi connectivity index (χ1n) is 6.93. The molecule has 1 saturated carbocycles. The second kappa shape index (κ2) is 6.66. The molecule has 3 nitrogen and oxygen atoms in total. The summed E-state index contributed by atoms with van der Waals surface area (Å²) < 4.78 is 12.8. The van der Waals surface area contributed by atoms with E-state index in [0.717, 1.165) is 24.8 Å². The molecule has 1 aliphatic rings. The van der Waals surface area contributed by atoms with Crippen LogP contribution in [0, 0.1) is 17.7 Å². The summed E-state index contributed by atoms with van der Waals surface area (Å²) in [4.78, 5) is 12.2. The molecule has 1 aromatic carbocycles.